The highest BCUT2D eigenvalue weighted by molar-refractivity contribution is 5.77. The monoisotopic (exact) mass is 321 g/mol. The van der Waals surface area contributed by atoms with Crippen molar-refractivity contribution in [3.8, 4) is 17.2 Å². The molecule has 0 spiro atoms. The number of hydrogen-bond acceptors (Lipinski definition) is 4. The Labute approximate surface area is 130 Å². The first-order valence-electron chi connectivity index (χ1n) is 6.85. The predicted molar refractivity (Wildman–Crippen MR) is 76.3 cm³/mol. The molecule has 1 aliphatic heterocycles. The van der Waals surface area contributed by atoms with Crippen molar-refractivity contribution in [2.45, 2.75) is 6.54 Å². The number of carbonyl (C=O) groups excluding carboxylic acids is 1. The fraction of sp³-hybridized carbons (Fsp3) is 0.188. The van der Waals surface area contributed by atoms with E-state index in [0.29, 0.717) is 11.5 Å². The van der Waals surface area contributed by atoms with E-state index in [2.05, 4.69) is 5.32 Å². The summed E-state index contributed by atoms with van der Waals surface area (Å²) in [7, 11) is 0. The number of rotatable bonds is 5. The van der Waals surface area contributed by atoms with Crippen LogP contribution in [0.4, 0.5) is 8.78 Å². The standard InChI is InChI=1S/C16H13F2NO4/c17-12-3-2-11(6-13(12)18)21-8-16(20)19-7-10-1-4-14-15(5-10)23-9-22-14/h1-6H,7-9H2,(H,19,20). The van der Waals surface area contributed by atoms with Crippen LogP contribution < -0.4 is 19.5 Å². The smallest absolute Gasteiger partial charge is 0.258 e. The summed E-state index contributed by atoms with van der Waals surface area (Å²) in [6.07, 6.45) is 0. The fourth-order valence-electron chi connectivity index (χ4n) is 2.02. The number of amides is 1. The number of nitrogens with one attached hydrogen (secondary N) is 1. The minimum atomic E-state index is -1.02. The Bertz CT molecular complexity index is 736. The molecule has 1 amide bonds. The van der Waals surface area contributed by atoms with Crippen LogP contribution in [0.25, 0.3) is 0 Å². The maximum absolute atomic E-state index is 13.0. The Morgan fingerprint density at radius 1 is 1.09 bits per heavy atom. The quantitative estimate of drug-likeness (QED) is 0.919. The van der Waals surface area contributed by atoms with Gasteiger partial charge in [-0.05, 0) is 29.8 Å². The number of carbonyl (C=O) groups is 1. The van der Waals surface area contributed by atoms with Crippen molar-refractivity contribution in [1.82, 2.24) is 5.32 Å². The first-order chi connectivity index (χ1) is 11.1. The summed E-state index contributed by atoms with van der Waals surface area (Å²) in [5.41, 5.74) is 0.843. The number of ether oxygens (including phenoxy) is 3. The highest BCUT2D eigenvalue weighted by Crippen LogP contribution is 2.32. The lowest BCUT2D eigenvalue weighted by Crippen LogP contribution is -2.28. The minimum Gasteiger partial charge on any atom is -0.484 e. The maximum atomic E-state index is 13.0. The lowest BCUT2D eigenvalue weighted by Gasteiger charge is -2.08. The lowest BCUT2D eigenvalue weighted by atomic mass is 10.2. The minimum absolute atomic E-state index is 0.0853. The molecule has 0 aromatic heterocycles. The van der Waals surface area contributed by atoms with E-state index in [1.165, 1.54) is 6.07 Å². The van der Waals surface area contributed by atoms with E-state index in [1.807, 2.05) is 6.07 Å². The zero-order valence-electron chi connectivity index (χ0n) is 12.0. The molecule has 0 aliphatic carbocycles. The van der Waals surface area contributed by atoms with Gasteiger partial charge in [-0.1, -0.05) is 6.07 Å². The molecule has 1 aliphatic rings. The van der Waals surface area contributed by atoms with E-state index in [9.17, 15) is 13.6 Å². The van der Waals surface area contributed by atoms with Crippen LogP contribution in [0.15, 0.2) is 36.4 Å². The predicted octanol–water partition coefficient (Wildman–Crippen LogP) is 2.39. The molecule has 0 fully saturated rings. The van der Waals surface area contributed by atoms with Crippen molar-refractivity contribution < 1.29 is 27.8 Å². The summed E-state index contributed by atoms with van der Waals surface area (Å²) in [6.45, 7) is 0.180. The van der Waals surface area contributed by atoms with E-state index in [1.54, 1.807) is 12.1 Å². The lowest BCUT2D eigenvalue weighted by molar-refractivity contribution is -0.123. The second-order valence-electron chi connectivity index (χ2n) is 4.83. The van der Waals surface area contributed by atoms with Crippen LogP contribution >= 0.6 is 0 Å². The molecule has 0 unspecified atom stereocenters. The van der Waals surface area contributed by atoms with E-state index in [0.717, 1.165) is 17.7 Å². The SMILES string of the molecule is O=C(COc1ccc(F)c(F)c1)NCc1ccc2c(c1)OCO2. The summed E-state index contributed by atoms with van der Waals surface area (Å²) in [5, 5.41) is 2.66. The van der Waals surface area contributed by atoms with Gasteiger partial charge in [0.1, 0.15) is 5.75 Å². The molecule has 2 aromatic carbocycles. The fourth-order valence-corrected chi connectivity index (χ4v) is 2.02. The molecule has 0 radical (unpaired) electrons. The second-order valence-corrected chi connectivity index (χ2v) is 4.83. The molecule has 0 atom stereocenters. The summed E-state index contributed by atoms with van der Waals surface area (Å²) in [5.74, 6) is -0.987. The Morgan fingerprint density at radius 3 is 2.74 bits per heavy atom. The van der Waals surface area contributed by atoms with Gasteiger partial charge < -0.3 is 19.5 Å². The van der Waals surface area contributed by atoms with Gasteiger partial charge in [0.25, 0.3) is 5.91 Å². The van der Waals surface area contributed by atoms with Crippen molar-refractivity contribution >= 4 is 5.91 Å². The molecule has 7 heteroatoms. The Balaban J connectivity index is 1.48. The molecule has 23 heavy (non-hydrogen) atoms. The third kappa shape index (κ3) is 3.68. The van der Waals surface area contributed by atoms with Crippen LogP contribution in [-0.4, -0.2) is 19.3 Å². The van der Waals surface area contributed by atoms with Gasteiger partial charge >= 0.3 is 0 Å². The van der Waals surface area contributed by atoms with Gasteiger partial charge in [0.15, 0.2) is 29.7 Å². The average molecular weight is 321 g/mol. The maximum Gasteiger partial charge on any atom is 0.258 e. The van der Waals surface area contributed by atoms with Gasteiger partial charge in [-0.2, -0.15) is 0 Å². The highest BCUT2D eigenvalue weighted by Gasteiger charge is 2.13. The van der Waals surface area contributed by atoms with Crippen LogP contribution in [0, 0.1) is 11.6 Å². The average Bonchev–Trinajstić information content (AvgIpc) is 3.01. The third-order valence-corrected chi connectivity index (χ3v) is 3.19. The Kier molecular flexibility index (Phi) is 4.27. The van der Waals surface area contributed by atoms with Gasteiger partial charge in [0, 0.05) is 12.6 Å². The third-order valence-electron chi connectivity index (χ3n) is 3.19. The van der Waals surface area contributed by atoms with E-state index >= 15 is 0 Å². The topological polar surface area (TPSA) is 56.8 Å². The first-order valence-corrected chi connectivity index (χ1v) is 6.85. The van der Waals surface area contributed by atoms with Crippen molar-refractivity contribution in [3.63, 3.8) is 0 Å². The largest absolute Gasteiger partial charge is 0.484 e. The summed E-state index contributed by atoms with van der Waals surface area (Å²) in [4.78, 5) is 11.7. The molecular formula is C16H13F2NO4. The van der Waals surface area contributed by atoms with Gasteiger partial charge in [-0.25, -0.2) is 8.78 Å². The first kappa shape index (κ1) is 15.1. The second kappa shape index (κ2) is 6.51. The summed E-state index contributed by atoms with van der Waals surface area (Å²) < 4.78 is 41.3. The molecule has 1 heterocycles. The zero-order valence-corrected chi connectivity index (χ0v) is 12.0. The van der Waals surface area contributed by atoms with Crippen LogP contribution in [0.5, 0.6) is 17.2 Å². The highest BCUT2D eigenvalue weighted by atomic mass is 19.2. The normalized spacial score (nSPS) is 12.1. The van der Waals surface area contributed by atoms with Crippen molar-refractivity contribution in [1.29, 1.82) is 0 Å². The van der Waals surface area contributed by atoms with Gasteiger partial charge in [-0.15, -0.1) is 0 Å². The number of hydrogen-bond donors (Lipinski definition) is 1. The van der Waals surface area contributed by atoms with E-state index in [-0.39, 0.29) is 31.6 Å². The van der Waals surface area contributed by atoms with Crippen molar-refractivity contribution in [2.75, 3.05) is 13.4 Å². The molecule has 0 bridgehead atoms. The van der Waals surface area contributed by atoms with Crippen molar-refractivity contribution in [3.05, 3.63) is 53.6 Å². The molecule has 0 saturated heterocycles. The Hall–Kier alpha value is -2.83. The van der Waals surface area contributed by atoms with Gasteiger partial charge in [0.05, 0.1) is 0 Å². The van der Waals surface area contributed by atoms with Gasteiger partial charge in [0.2, 0.25) is 6.79 Å². The molecule has 1 N–H and O–H groups in total. The van der Waals surface area contributed by atoms with E-state index < -0.39 is 11.6 Å². The van der Waals surface area contributed by atoms with Crippen molar-refractivity contribution in [2.24, 2.45) is 0 Å². The molecule has 0 saturated carbocycles. The summed E-state index contributed by atoms with van der Waals surface area (Å²) >= 11 is 0. The number of halogens is 2. The zero-order chi connectivity index (χ0) is 16.2. The van der Waals surface area contributed by atoms with Crippen LogP contribution in [0.1, 0.15) is 5.56 Å². The molecule has 5 nitrogen and oxygen atoms in total. The van der Waals surface area contributed by atoms with Crippen LogP contribution in [-0.2, 0) is 11.3 Å². The number of fused-ring (bicyclic) bond motifs is 1. The molecule has 2 aromatic rings. The molecular weight excluding hydrogens is 308 g/mol. The number of benzene rings is 2. The summed E-state index contributed by atoms with van der Waals surface area (Å²) in [6, 6.07) is 8.43. The molecule has 3 rings (SSSR count). The van der Waals surface area contributed by atoms with Crippen LogP contribution in [0.2, 0.25) is 0 Å². The molecule has 120 valence electrons. The van der Waals surface area contributed by atoms with Gasteiger partial charge in [-0.3, -0.25) is 4.79 Å². The van der Waals surface area contributed by atoms with Crippen LogP contribution in [0.3, 0.4) is 0 Å². The Morgan fingerprint density at radius 2 is 1.91 bits per heavy atom. The van der Waals surface area contributed by atoms with E-state index in [4.69, 9.17) is 14.2 Å².